The normalized spacial score (nSPS) is 18.5. The van der Waals surface area contributed by atoms with Crippen molar-refractivity contribution in [2.75, 3.05) is 26.9 Å². The van der Waals surface area contributed by atoms with Crippen molar-refractivity contribution in [3.05, 3.63) is 35.1 Å². The second-order valence-electron chi connectivity index (χ2n) is 5.07. The summed E-state index contributed by atoms with van der Waals surface area (Å²) < 4.78 is 23.7. The number of methoxy groups -OCH3 is 1. The van der Waals surface area contributed by atoms with E-state index in [-0.39, 0.29) is 24.4 Å². The maximum absolute atomic E-state index is 13.5. The molecule has 6 heteroatoms. The fourth-order valence-corrected chi connectivity index (χ4v) is 2.25. The minimum atomic E-state index is -0.296. The van der Waals surface area contributed by atoms with Crippen LogP contribution in [0.2, 0.25) is 0 Å². The first-order valence-corrected chi connectivity index (χ1v) is 7.03. The van der Waals surface area contributed by atoms with Gasteiger partial charge in [0.05, 0.1) is 19.8 Å². The lowest BCUT2D eigenvalue weighted by Gasteiger charge is -2.23. The van der Waals surface area contributed by atoms with Gasteiger partial charge in [-0.1, -0.05) is 6.07 Å². The molecule has 1 aliphatic heterocycles. The van der Waals surface area contributed by atoms with Gasteiger partial charge in [0.2, 0.25) is 5.91 Å². The Labute approximate surface area is 123 Å². The van der Waals surface area contributed by atoms with Gasteiger partial charge in [-0.05, 0) is 17.7 Å². The van der Waals surface area contributed by atoms with Crippen LogP contribution in [0.5, 0.6) is 0 Å². The van der Waals surface area contributed by atoms with Crippen molar-refractivity contribution in [1.82, 2.24) is 10.6 Å². The van der Waals surface area contributed by atoms with E-state index in [1.54, 1.807) is 12.1 Å². The van der Waals surface area contributed by atoms with Gasteiger partial charge < -0.3 is 20.1 Å². The Bertz CT molecular complexity index is 476. The number of morpholine rings is 1. The van der Waals surface area contributed by atoms with E-state index < -0.39 is 0 Å². The number of nitrogens with one attached hydrogen (secondary N) is 2. The first-order chi connectivity index (χ1) is 10.2. The Morgan fingerprint density at radius 1 is 1.57 bits per heavy atom. The molecule has 0 spiro atoms. The Morgan fingerprint density at radius 3 is 3.14 bits per heavy atom. The number of carbonyl (C=O) groups is 1. The highest BCUT2D eigenvalue weighted by Crippen LogP contribution is 2.11. The fraction of sp³-hybridized carbons (Fsp3) is 0.533. The lowest BCUT2D eigenvalue weighted by molar-refractivity contribution is -0.122. The Kier molecular flexibility index (Phi) is 6.10. The molecule has 2 N–H and O–H groups in total. The van der Waals surface area contributed by atoms with Crippen LogP contribution < -0.4 is 10.6 Å². The molecular weight excluding hydrogens is 275 g/mol. The Hall–Kier alpha value is -1.50. The Morgan fingerprint density at radius 2 is 2.43 bits per heavy atom. The third-order valence-corrected chi connectivity index (χ3v) is 3.33. The lowest BCUT2D eigenvalue weighted by atomic mass is 10.1. The van der Waals surface area contributed by atoms with E-state index in [1.807, 2.05) is 0 Å². The molecule has 1 aromatic rings. The predicted octanol–water partition coefficient (Wildman–Crippen LogP) is 0.967. The first-order valence-electron chi connectivity index (χ1n) is 7.03. The zero-order valence-corrected chi connectivity index (χ0v) is 12.2. The van der Waals surface area contributed by atoms with Gasteiger partial charge in [-0.15, -0.1) is 0 Å². The molecule has 1 heterocycles. The second kappa shape index (κ2) is 8.07. The average molecular weight is 296 g/mol. The summed E-state index contributed by atoms with van der Waals surface area (Å²) in [4.78, 5) is 11.9. The largest absolute Gasteiger partial charge is 0.380 e. The molecule has 1 aromatic carbocycles. The lowest BCUT2D eigenvalue weighted by Crippen LogP contribution is -2.44. The van der Waals surface area contributed by atoms with E-state index in [1.165, 1.54) is 13.2 Å². The number of carbonyl (C=O) groups excluding carboxylic acids is 1. The number of hydrogen-bond donors (Lipinski definition) is 2. The summed E-state index contributed by atoms with van der Waals surface area (Å²) >= 11 is 0. The van der Waals surface area contributed by atoms with Gasteiger partial charge in [0, 0.05) is 38.2 Å². The molecule has 5 nitrogen and oxygen atoms in total. The summed E-state index contributed by atoms with van der Waals surface area (Å²) in [6.45, 7) is 2.62. The third kappa shape index (κ3) is 5.08. The van der Waals surface area contributed by atoms with Crippen LogP contribution in [0.3, 0.4) is 0 Å². The molecule has 1 aliphatic rings. The van der Waals surface area contributed by atoms with Gasteiger partial charge in [0.1, 0.15) is 5.82 Å². The average Bonchev–Trinajstić information content (AvgIpc) is 2.49. The van der Waals surface area contributed by atoms with E-state index in [9.17, 15) is 9.18 Å². The molecule has 1 fully saturated rings. The predicted molar refractivity (Wildman–Crippen MR) is 76.2 cm³/mol. The number of halogens is 1. The summed E-state index contributed by atoms with van der Waals surface area (Å²) in [6, 6.07) is 4.83. The van der Waals surface area contributed by atoms with E-state index in [0.29, 0.717) is 31.7 Å². The van der Waals surface area contributed by atoms with Crippen LogP contribution in [0.4, 0.5) is 4.39 Å². The highest BCUT2D eigenvalue weighted by atomic mass is 19.1. The zero-order chi connectivity index (χ0) is 15.1. The molecular formula is C15H21FN2O3. The maximum Gasteiger partial charge on any atom is 0.221 e. The molecule has 2 rings (SSSR count). The molecule has 0 aromatic heterocycles. The van der Waals surface area contributed by atoms with Crippen molar-refractivity contribution in [3.63, 3.8) is 0 Å². The third-order valence-electron chi connectivity index (χ3n) is 3.33. The van der Waals surface area contributed by atoms with E-state index in [4.69, 9.17) is 9.47 Å². The van der Waals surface area contributed by atoms with Crippen LogP contribution in [-0.4, -0.2) is 38.8 Å². The SMILES string of the molecule is COCc1cc(CNC(=O)CC2COCCN2)ccc1F. The number of rotatable bonds is 6. The van der Waals surface area contributed by atoms with E-state index >= 15 is 0 Å². The summed E-state index contributed by atoms with van der Waals surface area (Å²) in [5.74, 6) is -0.342. The molecule has 1 amide bonds. The number of hydrogen-bond acceptors (Lipinski definition) is 4. The monoisotopic (exact) mass is 296 g/mol. The quantitative estimate of drug-likeness (QED) is 0.821. The minimum Gasteiger partial charge on any atom is -0.380 e. The van der Waals surface area contributed by atoms with Crippen LogP contribution in [0.1, 0.15) is 17.5 Å². The Balaban J connectivity index is 1.81. The minimum absolute atomic E-state index is 0.0457. The fourth-order valence-electron chi connectivity index (χ4n) is 2.25. The summed E-state index contributed by atoms with van der Waals surface area (Å²) in [5, 5.41) is 6.07. The van der Waals surface area contributed by atoms with Crippen molar-refractivity contribution >= 4 is 5.91 Å². The highest BCUT2D eigenvalue weighted by Gasteiger charge is 2.16. The van der Waals surface area contributed by atoms with Crippen LogP contribution in [0, 0.1) is 5.82 Å². The highest BCUT2D eigenvalue weighted by molar-refractivity contribution is 5.76. The van der Waals surface area contributed by atoms with Gasteiger partial charge in [0.25, 0.3) is 0 Å². The second-order valence-corrected chi connectivity index (χ2v) is 5.07. The van der Waals surface area contributed by atoms with Crippen LogP contribution in [0.15, 0.2) is 18.2 Å². The molecule has 1 atom stereocenters. The van der Waals surface area contributed by atoms with Crippen LogP contribution >= 0.6 is 0 Å². The number of amides is 1. The van der Waals surface area contributed by atoms with Crippen molar-refractivity contribution in [3.8, 4) is 0 Å². The maximum atomic E-state index is 13.5. The molecule has 1 saturated heterocycles. The van der Waals surface area contributed by atoms with Crippen molar-refractivity contribution < 1.29 is 18.7 Å². The van der Waals surface area contributed by atoms with Gasteiger partial charge in [-0.25, -0.2) is 4.39 Å². The van der Waals surface area contributed by atoms with Gasteiger partial charge in [-0.2, -0.15) is 0 Å². The van der Waals surface area contributed by atoms with E-state index in [2.05, 4.69) is 10.6 Å². The number of ether oxygens (including phenoxy) is 2. The van der Waals surface area contributed by atoms with Gasteiger partial charge in [0.15, 0.2) is 0 Å². The number of benzene rings is 1. The standard InChI is InChI=1S/C15H21FN2O3/c1-20-9-12-6-11(2-3-14(12)16)8-18-15(19)7-13-10-21-5-4-17-13/h2-3,6,13,17H,4-5,7-10H2,1H3,(H,18,19). The molecule has 0 radical (unpaired) electrons. The molecule has 0 bridgehead atoms. The summed E-state index contributed by atoms with van der Waals surface area (Å²) in [6.07, 6.45) is 0.381. The van der Waals surface area contributed by atoms with E-state index in [0.717, 1.165) is 12.1 Å². The molecule has 116 valence electrons. The molecule has 0 saturated carbocycles. The van der Waals surface area contributed by atoms with Crippen molar-refractivity contribution in [1.29, 1.82) is 0 Å². The molecule has 21 heavy (non-hydrogen) atoms. The topological polar surface area (TPSA) is 59.6 Å². The van der Waals surface area contributed by atoms with Gasteiger partial charge >= 0.3 is 0 Å². The van der Waals surface area contributed by atoms with Crippen LogP contribution in [0.25, 0.3) is 0 Å². The van der Waals surface area contributed by atoms with Crippen molar-refractivity contribution in [2.45, 2.75) is 25.6 Å². The summed E-state index contributed by atoms with van der Waals surface area (Å²) in [7, 11) is 1.52. The summed E-state index contributed by atoms with van der Waals surface area (Å²) in [5.41, 5.74) is 1.34. The first kappa shape index (κ1) is 15.9. The zero-order valence-electron chi connectivity index (χ0n) is 12.2. The molecule has 0 aliphatic carbocycles. The van der Waals surface area contributed by atoms with Gasteiger partial charge in [-0.3, -0.25) is 4.79 Å². The smallest absolute Gasteiger partial charge is 0.221 e. The molecule has 1 unspecified atom stereocenters. The van der Waals surface area contributed by atoms with Crippen LogP contribution in [-0.2, 0) is 27.4 Å². The van der Waals surface area contributed by atoms with Crippen molar-refractivity contribution in [2.24, 2.45) is 0 Å².